The number of nitrogens with one attached hydrogen (secondary N) is 1. The van der Waals surface area contributed by atoms with Gasteiger partial charge in [0.25, 0.3) is 0 Å². The Morgan fingerprint density at radius 3 is 2.48 bits per heavy atom. The Bertz CT molecular complexity index is 818. The highest BCUT2D eigenvalue weighted by Crippen LogP contribution is 2.34. The third-order valence-corrected chi connectivity index (χ3v) is 4.74. The summed E-state index contributed by atoms with van der Waals surface area (Å²) >= 11 is 0. The van der Waals surface area contributed by atoms with Crippen LogP contribution in [0.5, 0.6) is 5.75 Å². The van der Waals surface area contributed by atoms with Gasteiger partial charge in [0.05, 0.1) is 6.61 Å². The van der Waals surface area contributed by atoms with E-state index >= 15 is 0 Å². The zero-order valence-corrected chi connectivity index (χ0v) is 15.3. The predicted octanol–water partition coefficient (Wildman–Crippen LogP) is 5.08. The molecule has 3 nitrogen and oxygen atoms in total. The molecule has 0 unspecified atom stereocenters. The molecule has 0 aliphatic carbocycles. The van der Waals surface area contributed by atoms with Gasteiger partial charge in [0.2, 0.25) is 0 Å². The first-order valence-corrected chi connectivity index (χ1v) is 9.34. The molecule has 0 saturated carbocycles. The van der Waals surface area contributed by atoms with Crippen LogP contribution < -0.4 is 10.5 Å². The van der Waals surface area contributed by atoms with Crippen molar-refractivity contribution < 1.29 is 4.74 Å². The number of ether oxygens (including phenoxy) is 1. The Hall–Kier alpha value is -2.26. The van der Waals surface area contributed by atoms with E-state index in [1.165, 1.54) is 33.3 Å². The van der Waals surface area contributed by atoms with Gasteiger partial charge in [0.1, 0.15) is 5.75 Å². The molecule has 1 heterocycles. The van der Waals surface area contributed by atoms with Crippen LogP contribution in [0.4, 0.5) is 0 Å². The van der Waals surface area contributed by atoms with Crippen molar-refractivity contribution in [3.63, 3.8) is 0 Å². The van der Waals surface area contributed by atoms with Gasteiger partial charge in [-0.15, -0.1) is 0 Å². The number of nitrogens with two attached hydrogens (primary N) is 1. The van der Waals surface area contributed by atoms with Gasteiger partial charge in [0.15, 0.2) is 0 Å². The minimum atomic E-state index is 0.690. The summed E-state index contributed by atoms with van der Waals surface area (Å²) in [6, 6.07) is 15.0. The van der Waals surface area contributed by atoms with Crippen LogP contribution in [0.1, 0.15) is 37.8 Å². The van der Waals surface area contributed by atoms with Crippen LogP contribution in [0.25, 0.3) is 22.2 Å². The summed E-state index contributed by atoms with van der Waals surface area (Å²) in [5.74, 6) is 0.918. The van der Waals surface area contributed by atoms with Crippen LogP contribution in [0, 0.1) is 0 Å². The maximum absolute atomic E-state index is 5.70. The normalized spacial score (nSPS) is 11.2. The van der Waals surface area contributed by atoms with E-state index in [1.54, 1.807) is 0 Å². The highest BCUT2D eigenvalue weighted by Gasteiger charge is 2.14. The van der Waals surface area contributed by atoms with Crippen molar-refractivity contribution in [2.45, 2.75) is 39.5 Å². The number of fused-ring (bicyclic) bond motifs is 1. The summed E-state index contributed by atoms with van der Waals surface area (Å²) in [7, 11) is 0. The molecule has 0 aliphatic heterocycles. The second-order valence-electron chi connectivity index (χ2n) is 6.37. The van der Waals surface area contributed by atoms with E-state index in [1.807, 2.05) is 6.92 Å². The molecular formula is C22H28N2O. The zero-order valence-electron chi connectivity index (χ0n) is 15.3. The monoisotopic (exact) mass is 336 g/mol. The number of aryl methyl sites for hydroxylation is 2. The molecule has 1 aromatic heterocycles. The standard InChI is InChI=1S/C22H28N2O/c1-3-16-8-7-10-20-19(9-5-6-15-23)22(24-21(16)20)17-11-13-18(14-12-17)25-4-2/h7-8,10-14,24H,3-6,9,15,23H2,1-2H3. The Kier molecular flexibility index (Phi) is 5.77. The highest BCUT2D eigenvalue weighted by atomic mass is 16.5. The zero-order chi connectivity index (χ0) is 17.6. The maximum Gasteiger partial charge on any atom is 0.119 e. The second-order valence-corrected chi connectivity index (χ2v) is 6.37. The number of aromatic nitrogens is 1. The number of rotatable bonds is 8. The van der Waals surface area contributed by atoms with Gasteiger partial charge in [-0.05, 0) is 80.1 Å². The van der Waals surface area contributed by atoms with Crippen LogP contribution in [0.3, 0.4) is 0 Å². The molecule has 0 spiro atoms. The number of aromatic amines is 1. The van der Waals surface area contributed by atoms with Gasteiger partial charge in [-0.1, -0.05) is 25.1 Å². The molecule has 0 saturated heterocycles. The van der Waals surface area contributed by atoms with Gasteiger partial charge in [-0.2, -0.15) is 0 Å². The van der Waals surface area contributed by atoms with Crippen molar-refractivity contribution in [1.82, 2.24) is 4.98 Å². The maximum atomic E-state index is 5.70. The quantitative estimate of drug-likeness (QED) is 0.564. The van der Waals surface area contributed by atoms with Gasteiger partial charge in [-0.25, -0.2) is 0 Å². The summed E-state index contributed by atoms with van der Waals surface area (Å²) in [5.41, 5.74) is 12.2. The van der Waals surface area contributed by atoms with Crippen molar-refractivity contribution in [3.8, 4) is 17.0 Å². The fraction of sp³-hybridized carbons (Fsp3) is 0.364. The smallest absolute Gasteiger partial charge is 0.119 e. The van der Waals surface area contributed by atoms with Crippen LogP contribution in [0.2, 0.25) is 0 Å². The molecule has 25 heavy (non-hydrogen) atoms. The Labute approximate surface area is 150 Å². The molecule has 0 radical (unpaired) electrons. The van der Waals surface area contributed by atoms with Gasteiger partial charge < -0.3 is 15.5 Å². The van der Waals surface area contributed by atoms with E-state index in [-0.39, 0.29) is 0 Å². The first-order chi connectivity index (χ1) is 12.3. The Morgan fingerprint density at radius 2 is 1.80 bits per heavy atom. The van der Waals surface area contributed by atoms with Gasteiger partial charge in [-0.3, -0.25) is 0 Å². The molecule has 0 atom stereocenters. The lowest BCUT2D eigenvalue weighted by Crippen LogP contribution is -1.99. The van der Waals surface area contributed by atoms with Crippen molar-refractivity contribution in [1.29, 1.82) is 0 Å². The Balaban J connectivity index is 2.06. The third kappa shape index (κ3) is 3.72. The fourth-order valence-electron chi connectivity index (χ4n) is 3.47. The Morgan fingerprint density at radius 1 is 1.00 bits per heavy atom. The summed E-state index contributed by atoms with van der Waals surface area (Å²) in [5, 5.41) is 1.35. The topological polar surface area (TPSA) is 51.0 Å². The first-order valence-electron chi connectivity index (χ1n) is 9.34. The average molecular weight is 336 g/mol. The lowest BCUT2D eigenvalue weighted by atomic mass is 9.99. The van der Waals surface area contributed by atoms with Gasteiger partial charge in [0, 0.05) is 16.6 Å². The van der Waals surface area contributed by atoms with Crippen molar-refractivity contribution in [2.24, 2.45) is 5.73 Å². The summed E-state index contributed by atoms with van der Waals surface area (Å²) < 4.78 is 5.58. The molecule has 3 rings (SSSR count). The lowest BCUT2D eigenvalue weighted by Gasteiger charge is -2.07. The number of H-pyrrole nitrogens is 1. The number of hydrogen-bond acceptors (Lipinski definition) is 2. The van der Waals surface area contributed by atoms with Crippen LogP contribution >= 0.6 is 0 Å². The average Bonchev–Trinajstić information content (AvgIpc) is 3.02. The molecule has 3 N–H and O–H groups in total. The summed E-state index contributed by atoms with van der Waals surface area (Å²) in [6.45, 7) is 5.66. The van der Waals surface area contributed by atoms with E-state index in [2.05, 4.69) is 54.4 Å². The lowest BCUT2D eigenvalue weighted by molar-refractivity contribution is 0.340. The van der Waals surface area contributed by atoms with E-state index in [0.29, 0.717) is 6.61 Å². The first kappa shape index (κ1) is 17.6. The van der Waals surface area contributed by atoms with Crippen LogP contribution in [0.15, 0.2) is 42.5 Å². The molecule has 132 valence electrons. The highest BCUT2D eigenvalue weighted by molar-refractivity contribution is 5.92. The number of para-hydroxylation sites is 1. The van der Waals surface area contributed by atoms with Crippen LogP contribution in [-0.2, 0) is 12.8 Å². The minimum absolute atomic E-state index is 0.690. The molecule has 0 amide bonds. The fourth-order valence-corrected chi connectivity index (χ4v) is 3.47. The number of unbranched alkanes of at least 4 members (excludes halogenated alkanes) is 1. The molecule has 3 heteroatoms. The molecular weight excluding hydrogens is 308 g/mol. The molecule has 0 aliphatic rings. The largest absolute Gasteiger partial charge is 0.494 e. The number of hydrogen-bond donors (Lipinski definition) is 2. The van der Waals surface area contributed by atoms with E-state index in [9.17, 15) is 0 Å². The minimum Gasteiger partial charge on any atom is -0.494 e. The van der Waals surface area contributed by atoms with Crippen molar-refractivity contribution in [2.75, 3.05) is 13.2 Å². The number of benzene rings is 2. The molecule has 3 aromatic rings. The van der Waals surface area contributed by atoms with Crippen LogP contribution in [-0.4, -0.2) is 18.1 Å². The summed E-state index contributed by atoms with van der Waals surface area (Å²) in [4.78, 5) is 3.71. The summed E-state index contributed by atoms with van der Waals surface area (Å²) in [6.07, 6.45) is 4.25. The van der Waals surface area contributed by atoms with Crippen molar-refractivity contribution >= 4 is 10.9 Å². The SMILES string of the molecule is CCOc1ccc(-c2[nH]c3c(CC)cccc3c2CCCCN)cc1. The predicted molar refractivity (Wildman–Crippen MR) is 106 cm³/mol. The second kappa shape index (κ2) is 8.21. The third-order valence-electron chi connectivity index (χ3n) is 4.74. The molecule has 0 fully saturated rings. The van der Waals surface area contributed by atoms with E-state index in [4.69, 9.17) is 10.5 Å². The van der Waals surface area contributed by atoms with E-state index < -0.39 is 0 Å². The van der Waals surface area contributed by atoms with E-state index in [0.717, 1.165) is 38.0 Å². The molecule has 0 bridgehead atoms. The molecule has 2 aromatic carbocycles. The van der Waals surface area contributed by atoms with Gasteiger partial charge >= 0.3 is 0 Å². The van der Waals surface area contributed by atoms with Crippen molar-refractivity contribution in [3.05, 3.63) is 53.6 Å².